The average molecular weight is 237 g/mol. The van der Waals surface area contributed by atoms with Crippen molar-refractivity contribution >= 4 is 11.9 Å². The van der Waals surface area contributed by atoms with Gasteiger partial charge in [0, 0.05) is 5.92 Å². The maximum atomic E-state index is 11.9. The third kappa shape index (κ3) is 2.68. The van der Waals surface area contributed by atoms with E-state index in [1.807, 2.05) is 0 Å². The Balaban J connectivity index is 1.95. The van der Waals surface area contributed by atoms with E-state index < -0.39 is 6.04 Å². The zero-order valence-electron chi connectivity index (χ0n) is 9.98. The lowest BCUT2D eigenvalue weighted by Gasteiger charge is -2.37. The zero-order valence-corrected chi connectivity index (χ0v) is 9.98. The van der Waals surface area contributed by atoms with Gasteiger partial charge in [0.05, 0.1) is 0 Å². The number of rotatable bonds is 3. The maximum Gasteiger partial charge on any atom is 0.328 e. The first-order valence-corrected chi connectivity index (χ1v) is 6.30. The van der Waals surface area contributed by atoms with Crippen molar-refractivity contribution in [3.63, 3.8) is 0 Å². The van der Waals surface area contributed by atoms with Gasteiger partial charge in [-0.3, -0.25) is 4.79 Å². The second kappa shape index (κ2) is 5.34. The molecule has 1 amide bonds. The minimum atomic E-state index is -0.457. The van der Waals surface area contributed by atoms with Crippen LogP contribution in [0.1, 0.15) is 32.1 Å². The van der Waals surface area contributed by atoms with Crippen molar-refractivity contribution in [2.75, 3.05) is 6.61 Å². The molecule has 0 radical (unpaired) electrons. The monoisotopic (exact) mass is 237 g/mol. The number of carbonyl (C=O) groups is 2. The van der Waals surface area contributed by atoms with Crippen molar-refractivity contribution in [2.45, 2.75) is 38.1 Å². The molecule has 0 aromatic carbocycles. The molecule has 0 aromatic rings. The highest BCUT2D eigenvalue weighted by atomic mass is 16.5. The Bertz CT molecular complexity index is 327. The molecule has 0 unspecified atom stereocenters. The van der Waals surface area contributed by atoms with Crippen LogP contribution in [-0.4, -0.2) is 24.5 Å². The number of hydrogen-bond acceptors (Lipinski definition) is 3. The van der Waals surface area contributed by atoms with E-state index >= 15 is 0 Å². The molecule has 0 spiro atoms. The van der Waals surface area contributed by atoms with E-state index in [2.05, 4.69) is 11.9 Å². The van der Waals surface area contributed by atoms with Crippen LogP contribution in [0, 0.1) is 11.8 Å². The van der Waals surface area contributed by atoms with E-state index in [0.717, 1.165) is 25.7 Å². The average Bonchev–Trinajstić information content (AvgIpc) is 2.36. The Morgan fingerprint density at radius 2 is 2.24 bits per heavy atom. The summed E-state index contributed by atoms with van der Waals surface area (Å²) in [6, 6.07) is -0.457. The normalized spacial score (nSPS) is 32.2. The fraction of sp³-hybridized carbons (Fsp3) is 0.692. The molecule has 0 aromatic heterocycles. The standard InChI is InChI=1S/C13H19NO3/c1-2-7-17-13(16)11-8-9-5-3-4-6-10(9)12(15)14-11/h2,9-11H,1,3-8H2,(H,14,15)/t9-,10-,11-/m0/s1. The molecule has 0 bridgehead atoms. The van der Waals surface area contributed by atoms with Crippen LogP contribution in [-0.2, 0) is 14.3 Å². The second-order valence-corrected chi connectivity index (χ2v) is 4.87. The van der Waals surface area contributed by atoms with Gasteiger partial charge in [-0.25, -0.2) is 4.79 Å². The smallest absolute Gasteiger partial charge is 0.328 e. The van der Waals surface area contributed by atoms with E-state index in [9.17, 15) is 9.59 Å². The summed E-state index contributed by atoms with van der Waals surface area (Å²) < 4.78 is 4.99. The minimum Gasteiger partial charge on any atom is -0.460 e. The van der Waals surface area contributed by atoms with E-state index in [0.29, 0.717) is 5.92 Å². The molecule has 17 heavy (non-hydrogen) atoms. The summed E-state index contributed by atoms with van der Waals surface area (Å²) in [7, 11) is 0. The van der Waals surface area contributed by atoms with Crippen LogP contribution in [0.25, 0.3) is 0 Å². The Morgan fingerprint density at radius 1 is 1.47 bits per heavy atom. The van der Waals surface area contributed by atoms with Crippen LogP contribution in [0.5, 0.6) is 0 Å². The van der Waals surface area contributed by atoms with Gasteiger partial charge in [0.25, 0.3) is 0 Å². The summed E-state index contributed by atoms with van der Waals surface area (Å²) in [4.78, 5) is 23.6. The van der Waals surface area contributed by atoms with Gasteiger partial charge in [-0.2, -0.15) is 0 Å². The molecule has 2 fully saturated rings. The van der Waals surface area contributed by atoms with Gasteiger partial charge in [-0.05, 0) is 25.2 Å². The molecule has 1 heterocycles. The van der Waals surface area contributed by atoms with Gasteiger partial charge in [0.1, 0.15) is 12.6 Å². The molecule has 2 aliphatic rings. The molecule has 1 aliphatic heterocycles. The van der Waals surface area contributed by atoms with Crippen molar-refractivity contribution < 1.29 is 14.3 Å². The number of carbonyl (C=O) groups excluding carboxylic acids is 2. The number of nitrogens with one attached hydrogen (secondary N) is 1. The molecule has 1 saturated heterocycles. The maximum absolute atomic E-state index is 11.9. The molecule has 3 atom stereocenters. The molecular formula is C13H19NO3. The van der Waals surface area contributed by atoms with Crippen molar-refractivity contribution in [1.82, 2.24) is 5.32 Å². The largest absolute Gasteiger partial charge is 0.460 e. The summed E-state index contributed by atoms with van der Waals surface area (Å²) >= 11 is 0. The SMILES string of the molecule is C=CCOC(=O)[C@@H]1C[C@@H]2CCCC[C@@H]2C(=O)N1. The molecule has 1 aliphatic carbocycles. The van der Waals surface area contributed by atoms with Crippen molar-refractivity contribution in [3.05, 3.63) is 12.7 Å². The van der Waals surface area contributed by atoms with Gasteiger partial charge in [-0.1, -0.05) is 25.5 Å². The lowest BCUT2D eigenvalue weighted by molar-refractivity contribution is -0.151. The highest BCUT2D eigenvalue weighted by Gasteiger charge is 2.40. The number of fused-ring (bicyclic) bond motifs is 1. The van der Waals surface area contributed by atoms with Gasteiger partial charge < -0.3 is 10.1 Å². The predicted octanol–water partition coefficient (Wildman–Crippen LogP) is 1.41. The van der Waals surface area contributed by atoms with Crippen LogP contribution in [0.4, 0.5) is 0 Å². The Morgan fingerprint density at radius 3 is 3.00 bits per heavy atom. The highest BCUT2D eigenvalue weighted by molar-refractivity contribution is 5.87. The Labute approximate surface area is 101 Å². The molecule has 94 valence electrons. The second-order valence-electron chi connectivity index (χ2n) is 4.87. The quantitative estimate of drug-likeness (QED) is 0.596. The summed E-state index contributed by atoms with van der Waals surface area (Å²) in [5.74, 6) is 0.176. The van der Waals surface area contributed by atoms with Crippen LogP contribution in [0.3, 0.4) is 0 Å². The van der Waals surface area contributed by atoms with Gasteiger partial charge in [-0.15, -0.1) is 0 Å². The van der Waals surface area contributed by atoms with Crippen LogP contribution in [0.15, 0.2) is 12.7 Å². The third-order valence-electron chi connectivity index (χ3n) is 3.73. The summed E-state index contributed by atoms with van der Waals surface area (Å²) in [6.07, 6.45) is 6.58. The number of piperidine rings is 1. The molecule has 1 N–H and O–H groups in total. The van der Waals surface area contributed by atoms with E-state index in [1.54, 1.807) is 0 Å². The number of hydrogen-bond donors (Lipinski definition) is 1. The summed E-state index contributed by atoms with van der Waals surface area (Å²) in [5.41, 5.74) is 0. The van der Waals surface area contributed by atoms with Crippen molar-refractivity contribution in [1.29, 1.82) is 0 Å². The first-order valence-electron chi connectivity index (χ1n) is 6.30. The molecule has 1 saturated carbocycles. The van der Waals surface area contributed by atoms with Crippen molar-refractivity contribution in [3.8, 4) is 0 Å². The number of esters is 1. The Kier molecular flexibility index (Phi) is 3.82. The predicted molar refractivity (Wildman–Crippen MR) is 63.2 cm³/mol. The van der Waals surface area contributed by atoms with Gasteiger partial charge in [0.15, 0.2) is 0 Å². The molecule has 2 rings (SSSR count). The van der Waals surface area contributed by atoms with Crippen LogP contribution >= 0.6 is 0 Å². The first-order chi connectivity index (χ1) is 8.22. The zero-order chi connectivity index (χ0) is 12.3. The van der Waals surface area contributed by atoms with Gasteiger partial charge in [0.2, 0.25) is 5.91 Å². The Hall–Kier alpha value is -1.32. The lowest BCUT2D eigenvalue weighted by atomic mass is 9.73. The topological polar surface area (TPSA) is 55.4 Å². The van der Waals surface area contributed by atoms with E-state index in [4.69, 9.17) is 4.74 Å². The fourth-order valence-corrected chi connectivity index (χ4v) is 2.87. The lowest BCUT2D eigenvalue weighted by Crippen LogP contribution is -2.53. The first kappa shape index (κ1) is 12.1. The molecular weight excluding hydrogens is 218 g/mol. The van der Waals surface area contributed by atoms with Crippen LogP contribution in [0.2, 0.25) is 0 Å². The van der Waals surface area contributed by atoms with Crippen molar-refractivity contribution in [2.24, 2.45) is 11.8 Å². The van der Waals surface area contributed by atoms with E-state index in [-0.39, 0.29) is 24.4 Å². The molecule has 4 nitrogen and oxygen atoms in total. The minimum absolute atomic E-state index is 0.0292. The number of amides is 1. The number of ether oxygens (including phenoxy) is 1. The summed E-state index contributed by atoms with van der Waals surface area (Å²) in [5, 5.41) is 2.78. The molecule has 4 heteroatoms. The summed E-state index contributed by atoms with van der Waals surface area (Å²) in [6.45, 7) is 3.70. The van der Waals surface area contributed by atoms with Gasteiger partial charge >= 0.3 is 5.97 Å². The highest BCUT2D eigenvalue weighted by Crippen LogP contribution is 2.36. The third-order valence-corrected chi connectivity index (χ3v) is 3.73. The van der Waals surface area contributed by atoms with Crippen LogP contribution < -0.4 is 5.32 Å². The fourth-order valence-electron chi connectivity index (χ4n) is 2.87. The van der Waals surface area contributed by atoms with E-state index in [1.165, 1.54) is 12.5 Å².